The van der Waals surface area contributed by atoms with E-state index in [1.807, 2.05) is 18.2 Å². The van der Waals surface area contributed by atoms with Gasteiger partial charge in [0.25, 0.3) is 0 Å². The number of nitrogens with zero attached hydrogens (tertiary/aromatic N) is 1. The van der Waals surface area contributed by atoms with Crippen molar-refractivity contribution < 1.29 is 4.42 Å². The number of furan rings is 1. The quantitative estimate of drug-likeness (QED) is 0.255. The summed E-state index contributed by atoms with van der Waals surface area (Å²) in [5.41, 5.74) is 7.73. The van der Waals surface area contributed by atoms with Gasteiger partial charge in [-0.3, -0.25) is 0 Å². The van der Waals surface area contributed by atoms with Crippen molar-refractivity contribution in [1.29, 1.82) is 0 Å². The fourth-order valence-electron chi connectivity index (χ4n) is 4.54. The molecule has 3 heteroatoms. The summed E-state index contributed by atoms with van der Waals surface area (Å²) in [6.07, 6.45) is 0. The third kappa shape index (κ3) is 4.56. The van der Waals surface area contributed by atoms with Gasteiger partial charge in [0.1, 0.15) is 11.2 Å². The molecule has 178 valence electrons. The second-order valence-electron chi connectivity index (χ2n) is 11.4. The van der Waals surface area contributed by atoms with Gasteiger partial charge in [-0.15, -0.1) is 0 Å². The lowest BCUT2D eigenvalue weighted by Gasteiger charge is -2.27. The minimum Gasteiger partial charge on any atom is -0.456 e. The Kier molecular flexibility index (Phi) is 5.68. The molecule has 0 bridgehead atoms. The van der Waals surface area contributed by atoms with E-state index in [9.17, 15) is 0 Å². The fraction of sp³-hybridized carbons (Fsp3) is 0.250. The van der Waals surface area contributed by atoms with Crippen LogP contribution in [0.4, 0.5) is 17.1 Å². The summed E-state index contributed by atoms with van der Waals surface area (Å²) in [6, 6.07) is 29.8. The van der Waals surface area contributed by atoms with E-state index < -0.39 is 0 Å². The SMILES string of the molecule is CC(C)(C)c1ccc(N(c2cccc(Cl)c2)c2ccc3oc4ccc(C(C)(C)C)cc4c3c2)cc1. The molecule has 5 aromatic rings. The Morgan fingerprint density at radius 3 is 1.74 bits per heavy atom. The molecule has 0 saturated carbocycles. The maximum absolute atomic E-state index is 6.42. The van der Waals surface area contributed by atoms with Gasteiger partial charge in [-0.05, 0) is 82.6 Å². The van der Waals surface area contributed by atoms with Gasteiger partial charge in [0.15, 0.2) is 0 Å². The number of hydrogen-bond acceptors (Lipinski definition) is 2. The van der Waals surface area contributed by atoms with E-state index in [2.05, 4.69) is 113 Å². The molecule has 0 saturated heterocycles. The van der Waals surface area contributed by atoms with Crippen LogP contribution in [0.5, 0.6) is 0 Å². The fourth-order valence-corrected chi connectivity index (χ4v) is 4.73. The summed E-state index contributed by atoms with van der Waals surface area (Å²) in [6.45, 7) is 13.4. The minimum atomic E-state index is 0.0665. The van der Waals surface area contributed by atoms with Crippen molar-refractivity contribution >= 4 is 50.6 Å². The van der Waals surface area contributed by atoms with Gasteiger partial charge in [0.2, 0.25) is 0 Å². The molecule has 35 heavy (non-hydrogen) atoms. The van der Waals surface area contributed by atoms with Crippen LogP contribution in [0.3, 0.4) is 0 Å². The van der Waals surface area contributed by atoms with Gasteiger partial charge in [-0.25, -0.2) is 0 Å². The Morgan fingerprint density at radius 2 is 1.11 bits per heavy atom. The van der Waals surface area contributed by atoms with Crippen LogP contribution in [0.1, 0.15) is 52.7 Å². The van der Waals surface area contributed by atoms with Gasteiger partial charge in [-0.2, -0.15) is 0 Å². The first-order valence-electron chi connectivity index (χ1n) is 12.1. The molecule has 2 nitrogen and oxygen atoms in total. The second-order valence-corrected chi connectivity index (χ2v) is 11.8. The van der Waals surface area contributed by atoms with E-state index in [0.29, 0.717) is 5.02 Å². The molecule has 1 heterocycles. The molecule has 0 amide bonds. The van der Waals surface area contributed by atoms with Crippen molar-refractivity contribution in [3.63, 3.8) is 0 Å². The Labute approximate surface area is 213 Å². The molecule has 0 atom stereocenters. The van der Waals surface area contributed by atoms with Crippen LogP contribution < -0.4 is 4.90 Å². The predicted molar refractivity (Wildman–Crippen MR) is 151 cm³/mol. The first-order chi connectivity index (χ1) is 16.5. The van der Waals surface area contributed by atoms with Crippen molar-refractivity contribution in [1.82, 2.24) is 0 Å². The first-order valence-corrected chi connectivity index (χ1v) is 12.5. The van der Waals surface area contributed by atoms with Crippen molar-refractivity contribution in [2.45, 2.75) is 52.4 Å². The first kappa shape index (κ1) is 23.5. The molecule has 0 spiro atoms. The Morgan fingerprint density at radius 1 is 0.571 bits per heavy atom. The predicted octanol–water partition coefficient (Wildman–Crippen LogP) is 10.3. The van der Waals surface area contributed by atoms with Crippen molar-refractivity contribution in [3.05, 3.63) is 101 Å². The van der Waals surface area contributed by atoms with Crippen molar-refractivity contribution in [2.24, 2.45) is 0 Å². The smallest absolute Gasteiger partial charge is 0.135 e. The van der Waals surface area contributed by atoms with Gasteiger partial charge in [-0.1, -0.05) is 77.4 Å². The summed E-state index contributed by atoms with van der Waals surface area (Å²) in [5.74, 6) is 0. The largest absolute Gasteiger partial charge is 0.456 e. The van der Waals surface area contributed by atoms with Gasteiger partial charge in [0.05, 0.1) is 0 Å². The summed E-state index contributed by atoms with van der Waals surface area (Å²) in [5, 5.41) is 2.97. The van der Waals surface area contributed by atoms with E-state index in [1.165, 1.54) is 11.1 Å². The number of anilines is 3. The monoisotopic (exact) mass is 481 g/mol. The van der Waals surface area contributed by atoms with Gasteiger partial charge >= 0.3 is 0 Å². The average molecular weight is 482 g/mol. The number of rotatable bonds is 3. The summed E-state index contributed by atoms with van der Waals surface area (Å²) >= 11 is 6.42. The number of hydrogen-bond donors (Lipinski definition) is 0. The highest BCUT2D eigenvalue weighted by molar-refractivity contribution is 6.30. The Bertz CT molecular complexity index is 1510. The summed E-state index contributed by atoms with van der Waals surface area (Å²) in [4.78, 5) is 2.25. The highest BCUT2D eigenvalue weighted by Crippen LogP contribution is 2.40. The highest BCUT2D eigenvalue weighted by atomic mass is 35.5. The van der Waals surface area contributed by atoms with Crippen LogP contribution in [0.25, 0.3) is 21.9 Å². The second kappa shape index (κ2) is 8.46. The lowest BCUT2D eigenvalue weighted by Crippen LogP contribution is -2.13. The molecule has 0 unspecified atom stereocenters. The molecule has 0 N–H and O–H groups in total. The molecule has 4 aromatic carbocycles. The maximum Gasteiger partial charge on any atom is 0.135 e. The molecular formula is C32H32ClNO. The minimum absolute atomic E-state index is 0.0665. The molecule has 0 aliphatic heterocycles. The maximum atomic E-state index is 6.42. The lowest BCUT2D eigenvalue weighted by atomic mass is 9.86. The van der Waals surface area contributed by atoms with E-state index in [1.54, 1.807) is 0 Å². The normalized spacial score (nSPS) is 12.4. The molecule has 0 aliphatic carbocycles. The van der Waals surface area contributed by atoms with Crippen LogP contribution in [0.15, 0.2) is 89.3 Å². The molecular weight excluding hydrogens is 450 g/mol. The van der Waals surface area contributed by atoms with Crippen LogP contribution in [0, 0.1) is 0 Å². The topological polar surface area (TPSA) is 16.4 Å². The summed E-state index contributed by atoms with van der Waals surface area (Å²) < 4.78 is 6.20. The zero-order valence-electron chi connectivity index (χ0n) is 21.3. The third-order valence-corrected chi connectivity index (χ3v) is 6.87. The number of halogens is 1. The van der Waals surface area contributed by atoms with Crippen LogP contribution >= 0.6 is 11.6 Å². The Hall–Kier alpha value is -3.23. The zero-order valence-corrected chi connectivity index (χ0v) is 22.1. The van der Waals surface area contributed by atoms with Gasteiger partial charge in [0, 0.05) is 32.9 Å². The van der Waals surface area contributed by atoms with Crippen LogP contribution in [-0.2, 0) is 10.8 Å². The van der Waals surface area contributed by atoms with E-state index in [4.69, 9.17) is 16.0 Å². The third-order valence-electron chi connectivity index (χ3n) is 6.63. The molecule has 0 fully saturated rings. The molecule has 0 radical (unpaired) electrons. The number of fused-ring (bicyclic) bond motifs is 3. The van der Waals surface area contributed by atoms with Crippen molar-refractivity contribution in [2.75, 3.05) is 4.90 Å². The standard InChI is InChI=1S/C32H32ClNO/c1-31(2,3)21-10-13-24(14-11-21)34(25-9-7-8-23(33)19-25)26-15-17-30-28(20-26)27-18-22(32(4,5)6)12-16-29(27)35-30/h7-20H,1-6H3. The van der Waals surface area contributed by atoms with E-state index in [0.717, 1.165) is 39.0 Å². The van der Waals surface area contributed by atoms with Crippen LogP contribution in [-0.4, -0.2) is 0 Å². The summed E-state index contributed by atoms with van der Waals surface area (Å²) in [7, 11) is 0. The van der Waals surface area contributed by atoms with E-state index in [-0.39, 0.29) is 10.8 Å². The van der Waals surface area contributed by atoms with Gasteiger partial charge < -0.3 is 9.32 Å². The average Bonchev–Trinajstić information content (AvgIpc) is 3.16. The molecule has 0 aliphatic rings. The van der Waals surface area contributed by atoms with E-state index >= 15 is 0 Å². The molecule has 5 rings (SSSR count). The Balaban J connectivity index is 1.70. The van der Waals surface area contributed by atoms with Crippen LogP contribution in [0.2, 0.25) is 5.02 Å². The van der Waals surface area contributed by atoms with Crippen molar-refractivity contribution in [3.8, 4) is 0 Å². The zero-order chi connectivity index (χ0) is 25.0. The molecule has 1 aromatic heterocycles. The highest BCUT2D eigenvalue weighted by Gasteiger charge is 2.19. The number of benzene rings is 4. The lowest BCUT2D eigenvalue weighted by molar-refractivity contribution is 0.590.